The van der Waals surface area contributed by atoms with Crippen LogP contribution in [-0.4, -0.2) is 23.8 Å². The molecule has 143 valence electrons. The van der Waals surface area contributed by atoms with Crippen molar-refractivity contribution in [2.45, 2.75) is 108 Å². The molecule has 0 aromatic rings. The van der Waals surface area contributed by atoms with Crippen LogP contribution in [0.5, 0.6) is 0 Å². The van der Waals surface area contributed by atoms with E-state index in [0.29, 0.717) is 12.5 Å². The summed E-state index contributed by atoms with van der Waals surface area (Å²) in [6.07, 6.45) is 21.9. The summed E-state index contributed by atoms with van der Waals surface area (Å²) < 4.78 is 4.89. The van der Waals surface area contributed by atoms with Gasteiger partial charge in [-0.3, -0.25) is 4.79 Å². The number of rotatable bonds is 16. The van der Waals surface area contributed by atoms with E-state index < -0.39 is 5.97 Å². The molecular formula is C21H39O3Zn. The number of aliphatic carboxylic acids is 1. The van der Waals surface area contributed by atoms with Crippen molar-refractivity contribution in [3.8, 4) is 0 Å². The van der Waals surface area contributed by atoms with Crippen molar-refractivity contribution in [3.63, 3.8) is 0 Å². The molecule has 4 heteroatoms. The molecule has 1 aliphatic rings. The molecule has 1 heterocycles. The number of epoxide rings is 1. The maximum absolute atomic E-state index is 10.3. The zero-order valence-corrected chi connectivity index (χ0v) is 19.5. The van der Waals surface area contributed by atoms with E-state index in [2.05, 4.69) is 19.1 Å². The Hall–Kier alpha value is -0.207. The van der Waals surface area contributed by atoms with Crippen LogP contribution in [0.25, 0.3) is 0 Å². The Morgan fingerprint density at radius 1 is 0.960 bits per heavy atom. The Morgan fingerprint density at radius 3 is 1.84 bits per heavy atom. The van der Waals surface area contributed by atoms with Crippen molar-refractivity contribution >= 4 is 5.97 Å². The van der Waals surface area contributed by atoms with Crippen molar-refractivity contribution < 1.29 is 32.9 Å². The van der Waals surface area contributed by atoms with Gasteiger partial charge in [-0.2, -0.15) is 0 Å². The van der Waals surface area contributed by atoms with Gasteiger partial charge in [-0.15, -0.1) is 0 Å². The van der Waals surface area contributed by atoms with Gasteiger partial charge >= 0.3 is 46.7 Å². The Morgan fingerprint density at radius 2 is 1.44 bits per heavy atom. The predicted octanol–water partition coefficient (Wildman–Crippen LogP) is 6.46. The average molecular weight is 405 g/mol. The van der Waals surface area contributed by atoms with Gasteiger partial charge in [-0.1, -0.05) is 70.4 Å². The zero-order valence-electron chi connectivity index (χ0n) is 16.5. The van der Waals surface area contributed by atoms with E-state index in [1.165, 1.54) is 93.9 Å². The molecule has 1 unspecified atom stereocenters. The summed E-state index contributed by atoms with van der Waals surface area (Å²) in [7, 11) is 0. The molecule has 0 saturated carbocycles. The standard InChI is InChI=1S/C18H34O2.C3H5O.Zn/c1-2-3-4-5-6-7-8-9-10-11-12-13-14-15-16-17-18(19)20;1-3-2-4-3;/h9-10H,2-8,11-17H2,1H3,(H,19,20);3H,1-2H2;/b10-9-;;. The van der Waals surface area contributed by atoms with Crippen LogP contribution in [0.2, 0.25) is 5.02 Å². The van der Waals surface area contributed by atoms with E-state index in [0.717, 1.165) is 19.4 Å². The Bertz CT molecular complexity index is 314. The average Bonchev–Trinajstić information content (AvgIpc) is 3.43. The molecule has 0 aromatic heterocycles. The molecule has 1 N–H and O–H groups in total. The van der Waals surface area contributed by atoms with E-state index in [1.807, 2.05) is 0 Å². The first-order chi connectivity index (χ1) is 12.2. The maximum atomic E-state index is 10.3. The predicted molar refractivity (Wildman–Crippen MR) is 102 cm³/mol. The SMILES string of the molecule is CCCCCCCC/C=C\CCCCCCCC(=O)O.[Zn][CH2]C1CO1. The fraction of sp³-hybridized carbons (Fsp3) is 0.857. The van der Waals surface area contributed by atoms with E-state index in [9.17, 15) is 4.79 Å². The summed E-state index contributed by atoms with van der Waals surface area (Å²) in [5, 5.41) is 9.83. The molecule has 1 fully saturated rings. The first-order valence-electron chi connectivity index (χ1n) is 10.5. The Kier molecular flexibility index (Phi) is 19.9. The van der Waals surface area contributed by atoms with Gasteiger partial charge in [0, 0.05) is 6.42 Å². The van der Waals surface area contributed by atoms with Gasteiger partial charge in [0.15, 0.2) is 0 Å². The van der Waals surface area contributed by atoms with Gasteiger partial charge in [0.2, 0.25) is 0 Å². The number of carboxylic acids is 1. The molecule has 3 nitrogen and oxygen atoms in total. The normalized spacial score (nSPS) is 15.9. The van der Waals surface area contributed by atoms with Crippen LogP contribution in [-0.2, 0) is 27.8 Å². The number of carbonyl (C=O) groups is 1. The molecule has 0 bridgehead atoms. The Balaban J connectivity index is 0.000000972. The second-order valence-electron chi connectivity index (χ2n) is 6.97. The van der Waals surface area contributed by atoms with Crippen LogP contribution >= 0.6 is 0 Å². The first-order valence-corrected chi connectivity index (χ1v) is 12.6. The fourth-order valence-corrected chi connectivity index (χ4v) is 3.28. The third-order valence-electron chi connectivity index (χ3n) is 4.38. The van der Waals surface area contributed by atoms with Crippen molar-refractivity contribution in [3.05, 3.63) is 12.2 Å². The number of ether oxygens (including phenoxy) is 1. The number of allylic oxidation sites excluding steroid dienone is 2. The van der Waals surface area contributed by atoms with Gasteiger partial charge in [-0.25, -0.2) is 0 Å². The summed E-state index contributed by atoms with van der Waals surface area (Å²) in [6.45, 7) is 3.30. The molecule has 1 saturated heterocycles. The zero-order chi connectivity index (χ0) is 18.6. The molecule has 1 rings (SSSR count). The quantitative estimate of drug-likeness (QED) is 0.139. The molecule has 0 amide bonds. The first kappa shape index (κ1) is 24.8. The third-order valence-corrected chi connectivity index (χ3v) is 5.73. The summed E-state index contributed by atoms with van der Waals surface area (Å²) >= 11 is 1.39. The minimum absolute atomic E-state index is 0.332. The minimum atomic E-state index is -0.664. The molecule has 1 atom stereocenters. The molecule has 0 aromatic carbocycles. The number of unbranched alkanes of at least 4 members (excludes halogenated alkanes) is 11. The van der Waals surface area contributed by atoms with Gasteiger partial charge in [-0.05, 0) is 32.1 Å². The summed E-state index contributed by atoms with van der Waals surface area (Å²) in [5.41, 5.74) is 0. The fourth-order valence-electron chi connectivity index (χ4n) is 2.58. The molecule has 25 heavy (non-hydrogen) atoms. The van der Waals surface area contributed by atoms with Crippen molar-refractivity contribution in [1.82, 2.24) is 0 Å². The van der Waals surface area contributed by atoms with Crippen LogP contribution in [0.3, 0.4) is 0 Å². The molecule has 1 aliphatic heterocycles. The monoisotopic (exact) mass is 403 g/mol. The van der Waals surface area contributed by atoms with Crippen LogP contribution in [0.1, 0.15) is 96.8 Å². The molecular weight excluding hydrogens is 366 g/mol. The van der Waals surface area contributed by atoms with Crippen molar-refractivity contribution in [1.29, 1.82) is 0 Å². The number of hydrogen-bond donors (Lipinski definition) is 1. The van der Waals surface area contributed by atoms with Gasteiger partial charge in [0.05, 0.1) is 0 Å². The van der Waals surface area contributed by atoms with Gasteiger partial charge < -0.3 is 5.11 Å². The van der Waals surface area contributed by atoms with Crippen LogP contribution in [0.15, 0.2) is 12.2 Å². The van der Waals surface area contributed by atoms with Crippen molar-refractivity contribution in [2.75, 3.05) is 6.61 Å². The third kappa shape index (κ3) is 23.8. The van der Waals surface area contributed by atoms with Crippen LogP contribution in [0, 0.1) is 0 Å². The molecule has 0 spiro atoms. The second kappa shape index (κ2) is 20.1. The van der Waals surface area contributed by atoms with Crippen LogP contribution < -0.4 is 0 Å². The second-order valence-corrected chi connectivity index (χ2v) is 8.18. The van der Waals surface area contributed by atoms with E-state index in [4.69, 9.17) is 9.84 Å². The van der Waals surface area contributed by atoms with Gasteiger partial charge in [0.25, 0.3) is 0 Å². The van der Waals surface area contributed by atoms with E-state index in [1.54, 1.807) is 0 Å². The van der Waals surface area contributed by atoms with Gasteiger partial charge in [0.1, 0.15) is 0 Å². The number of carboxylic acid groups (broad SMARTS) is 1. The molecule has 0 aliphatic carbocycles. The molecule has 0 radical (unpaired) electrons. The van der Waals surface area contributed by atoms with Crippen LogP contribution in [0.4, 0.5) is 0 Å². The summed E-state index contributed by atoms with van der Waals surface area (Å²) in [4.78, 5) is 10.3. The summed E-state index contributed by atoms with van der Waals surface area (Å²) in [5.74, 6) is -0.664. The number of hydrogen-bond acceptors (Lipinski definition) is 2. The van der Waals surface area contributed by atoms with E-state index >= 15 is 0 Å². The topological polar surface area (TPSA) is 49.8 Å². The van der Waals surface area contributed by atoms with E-state index in [-0.39, 0.29) is 0 Å². The Labute approximate surface area is 165 Å². The van der Waals surface area contributed by atoms with Crippen molar-refractivity contribution in [2.24, 2.45) is 0 Å². The summed E-state index contributed by atoms with van der Waals surface area (Å²) in [6, 6.07) is 0.